The molecule has 96 valence electrons. The molecular weight excluding hydrogens is 211 g/mol. The maximum absolute atomic E-state index is 13.3. The first-order valence-corrected chi connectivity index (χ1v) is 6.81. The van der Waals surface area contributed by atoms with Crippen LogP contribution in [-0.4, -0.2) is 0 Å². The lowest BCUT2D eigenvalue weighted by molar-refractivity contribution is 0.382. The number of aryl methyl sites for hydroxylation is 2. The van der Waals surface area contributed by atoms with E-state index in [4.69, 9.17) is 0 Å². The van der Waals surface area contributed by atoms with Crippen LogP contribution >= 0.6 is 0 Å². The van der Waals surface area contributed by atoms with E-state index in [-0.39, 0.29) is 5.82 Å². The molecular formula is C16H25F. The molecule has 0 amide bonds. The minimum atomic E-state index is -0.0631. The van der Waals surface area contributed by atoms with Crippen LogP contribution in [0.4, 0.5) is 4.39 Å². The zero-order valence-electron chi connectivity index (χ0n) is 11.6. The van der Waals surface area contributed by atoms with Crippen molar-refractivity contribution in [2.75, 3.05) is 0 Å². The van der Waals surface area contributed by atoms with Crippen molar-refractivity contribution in [3.63, 3.8) is 0 Å². The van der Waals surface area contributed by atoms with Gasteiger partial charge in [-0.15, -0.1) is 0 Å². The van der Waals surface area contributed by atoms with Crippen LogP contribution in [0.25, 0.3) is 0 Å². The molecule has 0 fully saturated rings. The van der Waals surface area contributed by atoms with E-state index >= 15 is 0 Å². The van der Waals surface area contributed by atoms with Gasteiger partial charge >= 0.3 is 0 Å². The highest BCUT2D eigenvalue weighted by atomic mass is 19.1. The second kappa shape index (κ2) is 6.78. The zero-order chi connectivity index (χ0) is 12.8. The van der Waals surface area contributed by atoms with Crippen LogP contribution in [0.1, 0.15) is 51.7 Å². The van der Waals surface area contributed by atoms with Crippen molar-refractivity contribution in [2.24, 2.45) is 11.8 Å². The molecule has 1 aromatic rings. The van der Waals surface area contributed by atoms with Crippen LogP contribution < -0.4 is 0 Å². The smallest absolute Gasteiger partial charge is 0.126 e. The molecule has 0 nitrogen and oxygen atoms in total. The Balaban J connectivity index is 2.47. The Morgan fingerprint density at radius 1 is 1.18 bits per heavy atom. The fourth-order valence-electron chi connectivity index (χ4n) is 2.02. The Labute approximate surface area is 105 Å². The van der Waals surface area contributed by atoms with E-state index in [2.05, 4.69) is 20.8 Å². The molecule has 0 saturated heterocycles. The van der Waals surface area contributed by atoms with Gasteiger partial charge in [-0.1, -0.05) is 46.2 Å². The third kappa shape index (κ3) is 4.49. The van der Waals surface area contributed by atoms with Gasteiger partial charge in [-0.2, -0.15) is 0 Å². The van der Waals surface area contributed by atoms with Crippen molar-refractivity contribution in [1.82, 2.24) is 0 Å². The second-order valence-electron chi connectivity index (χ2n) is 5.39. The Kier molecular flexibility index (Phi) is 5.67. The van der Waals surface area contributed by atoms with Gasteiger partial charge in [0.25, 0.3) is 0 Å². The normalized spacial score (nSPS) is 13.1. The molecule has 0 spiro atoms. The van der Waals surface area contributed by atoms with E-state index in [1.807, 2.05) is 19.1 Å². The summed E-state index contributed by atoms with van der Waals surface area (Å²) in [6.07, 6.45) is 4.32. The first kappa shape index (κ1) is 14.2. The highest BCUT2D eigenvalue weighted by molar-refractivity contribution is 5.25. The summed E-state index contributed by atoms with van der Waals surface area (Å²) < 4.78 is 13.3. The van der Waals surface area contributed by atoms with Crippen molar-refractivity contribution in [3.05, 3.63) is 35.1 Å². The summed E-state index contributed by atoms with van der Waals surface area (Å²) >= 11 is 0. The fraction of sp³-hybridized carbons (Fsp3) is 0.625. The predicted octanol–water partition coefficient (Wildman–Crippen LogP) is 5.00. The van der Waals surface area contributed by atoms with Crippen LogP contribution in [0.5, 0.6) is 0 Å². The van der Waals surface area contributed by atoms with Gasteiger partial charge in [0.1, 0.15) is 5.82 Å². The summed E-state index contributed by atoms with van der Waals surface area (Å²) in [7, 11) is 0. The second-order valence-corrected chi connectivity index (χ2v) is 5.39. The van der Waals surface area contributed by atoms with Gasteiger partial charge in [0.05, 0.1) is 0 Å². The molecule has 0 bridgehead atoms. The van der Waals surface area contributed by atoms with E-state index < -0.39 is 0 Å². The summed E-state index contributed by atoms with van der Waals surface area (Å²) in [6.45, 7) is 8.87. The van der Waals surface area contributed by atoms with Crippen molar-refractivity contribution in [3.8, 4) is 0 Å². The number of hydrogen-bond acceptors (Lipinski definition) is 0. The van der Waals surface area contributed by atoms with Gasteiger partial charge in [-0.25, -0.2) is 4.39 Å². The molecule has 0 saturated carbocycles. The van der Waals surface area contributed by atoms with E-state index in [9.17, 15) is 4.39 Å². The molecule has 0 aliphatic rings. The van der Waals surface area contributed by atoms with Gasteiger partial charge in [0.15, 0.2) is 0 Å². The number of benzene rings is 1. The first-order valence-electron chi connectivity index (χ1n) is 6.81. The molecule has 0 heterocycles. The Bertz CT molecular complexity index is 341. The average Bonchev–Trinajstić information content (AvgIpc) is 2.31. The minimum absolute atomic E-state index is 0.0631. The largest absolute Gasteiger partial charge is 0.207 e. The summed E-state index contributed by atoms with van der Waals surface area (Å²) in [5, 5.41) is 0. The van der Waals surface area contributed by atoms with Crippen LogP contribution in [0.15, 0.2) is 18.2 Å². The van der Waals surface area contributed by atoms with Crippen molar-refractivity contribution in [2.45, 2.75) is 53.4 Å². The molecule has 0 N–H and O–H groups in total. The highest BCUT2D eigenvalue weighted by Crippen LogP contribution is 2.19. The van der Waals surface area contributed by atoms with Gasteiger partial charge in [-0.3, -0.25) is 0 Å². The standard InChI is InChI=1S/C16H25F/c1-5-15-11-14(9-10-16(15)17)8-6-7-13(4)12(2)3/h9-13H,5-8H2,1-4H3/t13-/m1/s1. The van der Waals surface area contributed by atoms with Crippen LogP contribution in [0.2, 0.25) is 0 Å². The van der Waals surface area contributed by atoms with Gasteiger partial charge in [0.2, 0.25) is 0 Å². The molecule has 1 rings (SSSR count). The number of rotatable bonds is 6. The molecule has 1 aromatic carbocycles. The van der Waals surface area contributed by atoms with Crippen molar-refractivity contribution in [1.29, 1.82) is 0 Å². The van der Waals surface area contributed by atoms with Crippen LogP contribution in [-0.2, 0) is 12.8 Å². The Morgan fingerprint density at radius 3 is 2.47 bits per heavy atom. The molecule has 0 unspecified atom stereocenters. The third-order valence-electron chi connectivity index (χ3n) is 3.75. The monoisotopic (exact) mass is 236 g/mol. The predicted molar refractivity (Wildman–Crippen MR) is 72.7 cm³/mol. The lowest BCUT2D eigenvalue weighted by Gasteiger charge is -2.15. The van der Waals surface area contributed by atoms with E-state index in [0.29, 0.717) is 0 Å². The minimum Gasteiger partial charge on any atom is -0.207 e. The number of hydrogen-bond donors (Lipinski definition) is 0. The average molecular weight is 236 g/mol. The molecule has 0 radical (unpaired) electrons. The lowest BCUT2D eigenvalue weighted by Crippen LogP contribution is -2.04. The molecule has 0 aliphatic heterocycles. The summed E-state index contributed by atoms with van der Waals surface area (Å²) in [5.41, 5.74) is 2.12. The highest BCUT2D eigenvalue weighted by Gasteiger charge is 2.07. The number of halogens is 1. The molecule has 0 aliphatic carbocycles. The molecule has 17 heavy (non-hydrogen) atoms. The summed E-state index contributed by atoms with van der Waals surface area (Å²) in [4.78, 5) is 0. The zero-order valence-corrected chi connectivity index (χ0v) is 11.6. The van der Waals surface area contributed by atoms with E-state index in [0.717, 1.165) is 30.2 Å². The molecule has 1 atom stereocenters. The van der Waals surface area contributed by atoms with Crippen LogP contribution in [0, 0.1) is 17.7 Å². The quantitative estimate of drug-likeness (QED) is 0.652. The summed E-state index contributed by atoms with van der Waals surface area (Å²) in [5.74, 6) is 1.47. The maximum atomic E-state index is 13.3. The molecule has 1 heteroatoms. The van der Waals surface area contributed by atoms with Gasteiger partial charge in [0, 0.05) is 0 Å². The maximum Gasteiger partial charge on any atom is 0.126 e. The van der Waals surface area contributed by atoms with Crippen molar-refractivity contribution >= 4 is 0 Å². The Morgan fingerprint density at radius 2 is 1.88 bits per heavy atom. The van der Waals surface area contributed by atoms with Crippen LogP contribution in [0.3, 0.4) is 0 Å². The van der Waals surface area contributed by atoms with E-state index in [1.165, 1.54) is 18.4 Å². The first-order chi connectivity index (χ1) is 8.04. The molecule has 0 aromatic heterocycles. The summed E-state index contributed by atoms with van der Waals surface area (Å²) in [6, 6.07) is 5.56. The van der Waals surface area contributed by atoms with Crippen molar-refractivity contribution < 1.29 is 4.39 Å². The van der Waals surface area contributed by atoms with Gasteiger partial charge in [-0.05, 0) is 48.3 Å². The topological polar surface area (TPSA) is 0 Å². The Hall–Kier alpha value is -0.850. The third-order valence-corrected chi connectivity index (χ3v) is 3.75. The SMILES string of the molecule is CCc1cc(CCC[C@@H](C)C(C)C)ccc1F. The van der Waals surface area contributed by atoms with Gasteiger partial charge < -0.3 is 0 Å². The van der Waals surface area contributed by atoms with E-state index in [1.54, 1.807) is 6.07 Å². The fourth-order valence-corrected chi connectivity index (χ4v) is 2.02. The lowest BCUT2D eigenvalue weighted by atomic mass is 9.91.